The molecular weight excluding hydrogens is 410 g/mol. The fourth-order valence-corrected chi connectivity index (χ4v) is 4.01. The van der Waals surface area contributed by atoms with E-state index in [1.165, 1.54) is 17.3 Å². The molecule has 0 aliphatic rings. The summed E-state index contributed by atoms with van der Waals surface area (Å²) in [5.74, 6) is 2.48. The zero-order valence-corrected chi connectivity index (χ0v) is 18.2. The van der Waals surface area contributed by atoms with E-state index in [1.807, 2.05) is 30.3 Å². The zero-order valence-electron chi connectivity index (χ0n) is 17.4. The second-order valence-electron chi connectivity index (χ2n) is 6.64. The van der Waals surface area contributed by atoms with Crippen molar-refractivity contribution in [1.82, 2.24) is 34.7 Å². The van der Waals surface area contributed by atoms with Crippen molar-refractivity contribution in [3.8, 4) is 11.4 Å². The smallest absolute Gasteiger partial charge is 0.232 e. The Bertz CT molecular complexity index is 1160. The molecule has 3 heterocycles. The van der Waals surface area contributed by atoms with Crippen LogP contribution in [0.4, 0.5) is 17.6 Å². The predicted molar refractivity (Wildman–Crippen MR) is 122 cm³/mol. The van der Waals surface area contributed by atoms with Crippen LogP contribution < -0.4 is 11.1 Å². The molecule has 0 unspecified atom stereocenters. The highest BCUT2D eigenvalue weighted by Gasteiger charge is 2.14. The monoisotopic (exact) mass is 433 g/mol. The topological polar surface area (TPSA) is 120 Å². The number of benzene rings is 1. The van der Waals surface area contributed by atoms with Gasteiger partial charge in [-0.2, -0.15) is 15.0 Å². The van der Waals surface area contributed by atoms with Crippen LogP contribution in [0.3, 0.4) is 0 Å². The highest BCUT2D eigenvalue weighted by atomic mass is 32.2. The van der Waals surface area contributed by atoms with Crippen molar-refractivity contribution in [3.05, 3.63) is 60.2 Å². The second kappa shape index (κ2) is 9.52. The third-order valence-corrected chi connectivity index (χ3v) is 5.61. The van der Waals surface area contributed by atoms with Crippen molar-refractivity contribution >= 4 is 29.3 Å². The van der Waals surface area contributed by atoms with E-state index < -0.39 is 0 Å². The molecule has 0 fully saturated rings. The van der Waals surface area contributed by atoms with E-state index in [2.05, 4.69) is 59.9 Å². The number of anilines is 3. The quantitative estimate of drug-likeness (QED) is 0.400. The average molecular weight is 434 g/mol. The lowest BCUT2D eigenvalue weighted by Crippen LogP contribution is -2.07. The van der Waals surface area contributed by atoms with Crippen LogP contribution in [0.2, 0.25) is 0 Å². The Balaban J connectivity index is 1.52. The summed E-state index contributed by atoms with van der Waals surface area (Å²) in [6.45, 7) is 4.91. The SMILES string of the molecule is CCc1ccccc1Nc1nc(N)nc(CSc2nnc(-c3ccncc3)n2CC)n1. The number of para-hydroxylation sites is 1. The maximum absolute atomic E-state index is 5.94. The van der Waals surface area contributed by atoms with Gasteiger partial charge in [0.25, 0.3) is 0 Å². The van der Waals surface area contributed by atoms with Crippen molar-refractivity contribution in [2.24, 2.45) is 0 Å². The molecule has 3 aromatic heterocycles. The summed E-state index contributed by atoms with van der Waals surface area (Å²) in [7, 11) is 0. The van der Waals surface area contributed by atoms with E-state index in [9.17, 15) is 0 Å². The van der Waals surface area contributed by atoms with E-state index in [1.54, 1.807) is 12.4 Å². The molecule has 4 rings (SSSR count). The Hall–Kier alpha value is -3.53. The number of hydrogen-bond acceptors (Lipinski definition) is 9. The van der Waals surface area contributed by atoms with Gasteiger partial charge in [-0.3, -0.25) is 4.98 Å². The summed E-state index contributed by atoms with van der Waals surface area (Å²) in [5, 5.41) is 12.8. The van der Waals surface area contributed by atoms with Gasteiger partial charge in [0.1, 0.15) is 5.82 Å². The number of hydrogen-bond donors (Lipinski definition) is 2. The van der Waals surface area contributed by atoms with Crippen LogP contribution in [0.1, 0.15) is 25.2 Å². The lowest BCUT2D eigenvalue weighted by atomic mass is 10.1. The number of rotatable bonds is 8. The largest absolute Gasteiger partial charge is 0.368 e. The van der Waals surface area contributed by atoms with Crippen LogP contribution >= 0.6 is 11.8 Å². The third-order valence-electron chi connectivity index (χ3n) is 4.65. The molecule has 0 bridgehead atoms. The number of nitrogens with two attached hydrogens (primary N) is 1. The number of aromatic nitrogens is 7. The van der Waals surface area contributed by atoms with Crippen molar-refractivity contribution in [2.75, 3.05) is 11.1 Å². The molecule has 0 aliphatic heterocycles. The molecule has 158 valence electrons. The Morgan fingerprint density at radius 3 is 2.58 bits per heavy atom. The van der Waals surface area contributed by atoms with E-state index >= 15 is 0 Å². The van der Waals surface area contributed by atoms with Gasteiger partial charge in [0.2, 0.25) is 11.9 Å². The third kappa shape index (κ3) is 4.80. The number of nitrogens with zero attached hydrogens (tertiary/aromatic N) is 7. The molecule has 0 saturated heterocycles. The Kier molecular flexibility index (Phi) is 6.37. The summed E-state index contributed by atoms with van der Waals surface area (Å²) in [6, 6.07) is 11.9. The predicted octanol–water partition coefficient (Wildman–Crippen LogP) is 3.73. The van der Waals surface area contributed by atoms with E-state index in [0.29, 0.717) is 17.5 Å². The van der Waals surface area contributed by atoms with Gasteiger partial charge in [-0.1, -0.05) is 36.9 Å². The van der Waals surface area contributed by atoms with Crippen molar-refractivity contribution < 1.29 is 0 Å². The second-order valence-corrected chi connectivity index (χ2v) is 7.59. The van der Waals surface area contributed by atoms with Crippen LogP contribution in [0.25, 0.3) is 11.4 Å². The van der Waals surface area contributed by atoms with Gasteiger partial charge >= 0.3 is 0 Å². The molecule has 31 heavy (non-hydrogen) atoms. The lowest BCUT2D eigenvalue weighted by molar-refractivity contribution is 0.687. The molecular formula is C21H23N9S. The Morgan fingerprint density at radius 2 is 1.81 bits per heavy atom. The minimum absolute atomic E-state index is 0.177. The van der Waals surface area contributed by atoms with E-state index in [-0.39, 0.29) is 5.95 Å². The molecule has 10 heteroatoms. The fourth-order valence-electron chi connectivity index (χ4n) is 3.15. The summed E-state index contributed by atoms with van der Waals surface area (Å²) in [5.41, 5.74) is 9.05. The van der Waals surface area contributed by atoms with Gasteiger partial charge in [-0.05, 0) is 37.1 Å². The standard InChI is InChI=1S/C21H23N9S/c1-3-14-7-5-6-8-16(14)24-20-26-17(25-19(22)27-20)13-31-21-29-28-18(30(21)4-2)15-9-11-23-12-10-15/h5-12H,3-4,13H2,1-2H3,(H3,22,24,25,26,27). The normalized spacial score (nSPS) is 10.9. The number of nitrogen functional groups attached to an aromatic ring is 1. The first kappa shape index (κ1) is 20.7. The minimum Gasteiger partial charge on any atom is -0.368 e. The Labute approximate surface area is 184 Å². The van der Waals surface area contributed by atoms with Crippen LogP contribution in [0, 0.1) is 0 Å². The van der Waals surface area contributed by atoms with Crippen molar-refractivity contribution in [1.29, 1.82) is 0 Å². The molecule has 0 spiro atoms. The highest BCUT2D eigenvalue weighted by molar-refractivity contribution is 7.98. The van der Waals surface area contributed by atoms with E-state index in [4.69, 9.17) is 5.73 Å². The van der Waals surface area contributed by atoms with E-state index in [0.717, 1.165) is 35.2 Å². The first-order valence-electron chi connectivity index (χ1n) is 9.99. The fraction of sp³-hybridized carbons (Fsp3) is 0.238. The van der Waals surface area contributed by atoms with Crippen molar-refractivity contribution in [3.63, 3.8) is 0 Å². The number of pyridine rings is 1. The average Bonchev–Trinajstić information content (AvgIpc) is 3.21. The lowest BCUT2D eigenvalue weighted by Gasteiger charge is -2.11. The van der Waals surface area contributed by atoms with Gasteiger partial charge in [0.15, 0.2) is 11.0 Å². The number of aryl methyl sites for hydroxylation is 1. The molecule has 0 radical (unpaired) electrons. The molecule has 0 saturated carbocycles. The zero-order chi connectivity index (χ0) is 21.6. The molecule has 0 atom stereocenters. The van der Waals surface area contributed by atoms with Crippen LogP contribution in [0.5, 0.6) is 0 Å². The molecule has 1 aromatic carbocycles. The number of thioether (sulfide) groups is 1. The molecule has 0 aliphatic carbocycles. The summed E-state index contributed by atoms with van der Waals surface area (Å²) < 4.78 is 2.06. The molecule has 9 nitrogen and oxygen atoms in total. The summed E-state index contributed by atoms with van der Waals surface area (Å²) in [4.78, 5) is 17.1. The van der Waals surface area contributed by atoms with Gasteiger partial charge in [-0.25, -0.2) is 0 Å². The summed E-state index contributed by atoms with van der Waals surface area (Å²) in [6.07, 6.45) is 4.39. The first-order valence-corrected chi connectivity index (χ1v) is 11.0. The molecule has 0 amide bonds. The highest BCUT2D eigenvalue weighted by Crippen LogP contribution is 2.26. The van der Waals surface area contributed by atoms with Gasteiger partial charge in [0, 0.05) is 30.2 Å². The number of nitrogens with one attached hydrogen (secondary N) is 1. The maximum atomic E-state index is 5.94. The molecule has 4 aromatic rings. The maximum Gasteiger partial charge on any atom is 0.232 e. The van der Waals surface area contributed by atoms with Gasteiger partial charge < -0.3 is 15.6 Å². The van der Waals surface area contributed by atoms with Crippen LogP contribution in [-0.2, 0) is 18.7 Å². The van der Waals surface area contributed by atoms with Crippen LogP contribution in [0.15, 0.2) is 53.9 Å². The van der Waals surface area contributed by atoms with Crippen LogP contribution in [-0.4, -0.2) is 34.7 Å². The minimum atomic E-state index is 0.177. The Morgan fingerprint density at radius 1 is 1.00 bits per heavy atom. The first-order chi connectivity index (χ1) is 15.2. The van der Waals surface area contributed by atoms with Crippen molar-refractivity contribution in [2.45, 2.75) is 37.7 Å². The van der Waals surface area contributed by atoms with Gasteiger partial charge in [-0.15, -0.1) is 10.2 Å². The molecule has 3 N–H and O–H groups in total. The van der Waals surface area contributed by atoms with Gasteiger partial charge in [0.05, 0.1) is 5.75 Å². The summed E-state index contributed by atoms with van der Waals surface area (Å²) >= 11 is 1.51.